The fraction of sp³-hybridized carbons (Fsp3) is 0.222. The van der Waals surface area contributed by atoms with Gasteiger partial charge in [-0.1, -0.05) is 24.3 Å². The first kappa shape index (κ1) is 11.6. The third-order valence-electron chi connectivity index (χ3n) is 4.05. The molecule has 1 aromatic heterocycles. The molecule has 1 saturated carbocycles. The van der Waals surface area contributed by atoms with Crippen molar-refractivity contribution in [2.24, 2.45) is 0 Å². The number of rotatable bonds is 4. The van der Waals surface area contributed by atoms with Gasteiger partial charge in [0.05, 0.1) is 0 Å². The summed E-state index contributed by atoms with van der Waals surface area (Å²) in [6.07, 6.45) is 4.70. The fourth-order valence-corrected chi connectivity index (χ4v) is 2.74. The number of fused-ring (bicyclic) bond motifs is 1. The number of hydrogen-bond acceptors (Lipinski definition) is 1. The van der Waals surface area contributed by atoms with Crippen molar-refractivity contribution in [2.75, 3.05) is 5.32 Å². The van der Waals surface area contributed by atoms with Gasteiger partial charge in [0.25, 0.3) is 0 Å². The van der Waals surface area contributed by atoms with Crippen molar-refractivity contribution >= 4 is 16.6 Å². The molecule has 2 nitrogen and oxygen atoms in total. The van der Waals surface area contributed by atoms with Gasteiger partial charge in [-0.3, -0.25) is 0 Å². The highest BCUT2D eigenvalue weighted by molar-refractivity contribution is 5.82. The highest BCUT2D eigenvalue weighted by Crippen LogP contribution is 2.40. The van der Waals surface area contributed by atoms with Gasteiger partial charge in [-0.15, -0.1) is 0 Å². The Morgan fingerprint density at radius 1 is 1.05 bits per heavy atom. The van der Waals surface area contributed by atoms with Gasteiger partial charge in [0.2, 0.25) is 0 Å². The van der Waals surface area contributed by atoms with Crippen molar-refractivity contribution in [1.29, 1.82) is 0 Å². The number of nitrogens with one attached hydrogen (secondary N) is 2. The lowest BCUT2D eigenvalue weighted by atomic mass is 10.1. The molecule has 100 valence electrons. The van der Waals surface area contributed by atoms with Crippen LogP contribution in [0.3, 0.4) is 0 Å². The van der Waals surface area contributed by atoms with E-state index in [0.29, 0.717) is 0 Å². The molecule has 0 unspecified atom stereocenters. The third kappa shape index (κ3) is 2.29. The lowest BCUT2D eigenvalue weighted by Gasteiger charge is -2.08. The predicted octanol–water partition coefficient (Wildman–Crippen LogP) is 4.66. The maximum Gasteiger partial charge on any atom is 0.0455 e. The van der Waals surface area contributed by atoms with Gasteiger partial charge in [0, 0.05) is 29.3 Å². The van der Waals surface area contributed by atoms with Crippen molar-refractivity contribution in [3.8, 4) is 0 Å². The molecule has 0 aliphatic heterocycles. The van der Waals surface area contributed by atoms with E-state index < -0.39 is 0 Å². The van der Waals surface area contributed by atoms with Gasteiger partial charge in [-0.2, -0.15) is 0 Å². The fourth-order valence-electron chi connectivity index (χ4n) is 2.74. The predicted molar refractivity (Wildman–Crippen MR) is 84.0 cm³/mol. The molecule has 1 aliphatic carbocycles. The summed E-state index contributed by atoms with van der Waals surface area (Å²) >= 11 is 0. The Bertz CT molecular complexity index is 738. The molecule has 0 amide bonds. The standard InChI is InChI=1S/C18H18N2/c1-2-13(10-15(3-1)14-4-5-14)12-20-17-6-7-18-16(11-17)8-9-19-18/h1-3,6-11,14,19-20H,4-5,12H2. The molecule has 2 N–H and O–H groups in total. The molecule has 4 rings (SSSR count). The quantitative estimate of drug-likeness (QED) is 0.703. The minimum absolute atomic E-state index is 0.825. The second kappa shape index (κ2) is 4.71. The zero-order valence-corrected chi connectivity index (χ0v) is 11.4. The van der Waals surface area contributed by atoms with E-state index in [-0.39, 0.29) is 0 Å². The summed E-state index contributed by atoms with van der Waals surface area (Å²) in [6.45, 7) is 0.885. The largest absolute Gasteiger partial charge is 0.381 e. The minimum Gasteiger partial charge on any atom is -0.381 e. The Morgan fingerprint density at radius 2 is 2.00 bits per heavy atom. The van der Waals surface area contributed by atoms with Crippen LogP contribution in [0, 0.1) is 0 Å². The van der Waals surface area contributed by atoms with Crippen molar-refractivity contribution in [3.05, 3.63) is 65.9 Å². The van der Waals surface area contributed by atoms with Crippen LogP contribution in [0.1, 0.15) is 29.9 Å². The molecule has 0 spiro atoms. The Labute approximate surface area is 118 Å². The van der Waals surface area contributed by atoms with Crippen LogP contribution in [0.4, 0.5) is 5.69 Å². The first-order valence-electron chi connectivity index (χ1n) is 7.28. The molecule has 2 heteroatoms. The Hall–Kier alpha value is -2.22. The minimum atomic E-state index is 0.825. The second-order valence-corrected chi connectivity index (χ2v) is 5.65. The Balaban J connectivity index is 1.50. The van der Waals surface area contributed by atoms with Crippen LogP contribution in [0.5, 0.6) is 0 Å². The van der Waals surface area contributed by atoms with Gasteiger partial charge < -0.3 is 10.3 Å². The van der Waals surface area contributed by atoms with E-state index in [2.05, 4.69) is 58.8 Å². The summed E-state index contributed by atoms with van der Waals surface area (Å²) in [7, 11) is 0. The summed E-state index contributed by atoms with van der Waals surface area (Å²) < 4.78 is 0. The van der Waals surface area contributed by atoms with E-state index in [1.165, 1.54) is 40.6 Å². The number of benzene rings is 2. The lowest BCUT2D eigenvalue weighted by molar-refractivity contribution is 1.09. The molecule has 1 aliphatic rings. The molecule has 0 saturated heterocycles. The molecular weight excluding hydrogens is 244 g/mol. The lowest BCUT2D eigenvalue weighted by Crippen LogP contribution is -1.99. The first-order chi connectivity index (χ1) is 9.88. The zero-order valence-electron chi connectivity index (χ0n) is 11.4. The average Bonchev–Trinajstić information content (AvgIpc) is 3.24. The summed E-state index contributed by atoms with van der Waals surface area (Å²) in [5, 5.41) is 4.77. The van der Waals surface area contributed by atoms with Crippen LogP contribution in [0.2, 0.25) is 0 Å². The van der Waals surface area contributed by atoms with Crippen molar-refractivity contribution in [1.82, 2.24) is 4.98 Å². The van der Waals surface area contributed by atoms with E-state index in [1.54, 1.807) is 0 Å². The highest BCUT2D eigenvalue weighted by Gasteiger charge is 2.23. The van der Waals surface area contributed by atoms with Crippen LogP contribution in [0.25, 0.3) is 10.9 Å². The van der Waals surface area contributed by atoms with Gasteiger partial charge in [-0.05, 0) is 54.2 Å². The van der Waals surface area contributed by atoms with E-state index in [4.69, 9.17) is 0 Å². The maximum absolute atomic E-state index is 3.52. The monoisotopic (exact) mass is 262 g/mol. The van der Waals surface area contributed by atoms with Crippen LogP contribution < -0.4 is 5.32 Å². The van der Waals surface area contributed by atoms with Gasteiger partial charge in [-0.25, -0.2) is 0 Å². The zero-order chi connectivity index (χ0) is 13.4. The number of aromatic nitrogens is 1. The number of aromatic amines is 1. The molecule has 3 aromatic rings. The Morgan fingerprint density at radius 3 is 2.90 bits per heavy atom. The van der Waals surface area contributed by atoms with Gasteiger partial charge in [0.1, 0.15) is 0 Å². The first-order valence-corrected chi connectivity index (χ1v) is 7.28. The SMILES string of the molecule is c1cc(CNc2ccc3[nH]ccc3c2)cc(C2CC2)c1. The summed E-state index contributed by atoms with van der Waals surface area (Å²) in [5.74, 6) is 0.825. The van der Waals surface area contributed by atoms with E-state index in [1.807, 2.05) is 6.20 Å². The second-order valence-electron chi connectivity index (χ2n) is 5.65. The van der Waals surface area contributed by atoms with Crippen LogP contribution >= 0.6 is 0 Å². The molecule has 2 aromatic carbocycles. The van der Waals surface area contributed by atoms with Crippen molar-refractivity contribution < 1.29 is 0 Å². The number of hydrogen-bond donors (Lipinski definition) is 2. The average molecular weight is 262 g/mol. The molecule has 0 atom stereocenters. The number of anilines is 1. The Kier molecular flexibility index (Phi) is 2.73. The van der Waals surface area contributed by atoms with E-state index in [0.717, 1.165) is 12.5 Å². The van der Waals surface area contributed by atoms with Crippen LogP contribution in [-0.2, 0) is 6.54 Å². The summed E-state index contributed by atoms with van der Waals surface area (Å²) in [4.78, 5) is 3.22. The topological polar surface area (TPSA) is 27.8 Å². The van der Waals surface area contributed by atoms with Crippen LogP contribution in [-0.4, -0.2) is 4.98 Å². The normalized spacial score (nSPS) is 14.6. The van der Waals surface area contributed by atoms with E-state index >= 15 is 0 Å². The molecule has 1 fully saturated rings. The maximum atomic E-state index is 3.52. The molecule has 20 heavy (non-hydrogen) atoms. The van der Waals surface area contributed by atoms with Gasteiger partial charge >= 0.3 is 0 Å². The molecule has 1 heterocycles. The molecule has 0 bridgehead atoms. The number of H-pyrrole nitrogens is 1. The smallest absolute Gasteiger partial charge is 0.0455 e. The van der Waals surface area contributed by atoms with Gasteiger partial charge in [0.15, 0.2) is 0 Å². The van der Waals surface area contributed by atoms with Crippen molar-refractivity contribution in [3.63, 3.8) is 0 Å². The third-order valence-corrected chi connectivity index (χ3v) is 4.05. The summed E-state index contributed by atoms with van der Waals surface area (Å²) in [6, 6.07) is 17.5. The summed E-state index contributed by atoms with van der Waals surface area (Å²) in [5.41, 5.74) is 5.23. The molecular formula is C18H18N2. The molecule has 0 radical (unpaired) electrons. The van der Waals surface area contributed by atoms with E-state index in [9.17, 15) is 0 Å². The van der Waals surface area contributed by atoms with Crippen molar-refractivity contribution in [2.45, 2.75) is 25.3 Å². The highest BCUT2D eigenvalue weighted by atomic mass is 14.9. The van der Waals surface area contributed by atoms with Crippen LogP contribution in [0.15, 0.2) is 54.7 Å².